The zero-order valence-corrected chi connectivity index (χ0v) is 11.0. The molecule has 0 radical (unpaired) electrons. The van der Waals surface area contributed by atoms with Gasteiger partial charge in [0, 0.05) is 38.1 Å². The van der Waals surface area contributed by atoms with Gasteiger partial charge in [0.05, 0.1) is 0 Å². The first-order valence-electron chi connectivity index (χ1n) is 6.76. The summed E-state index contributed by atoms with van der Waals surface area (Å²) in [6, 6.07) is 0.382. The lowest BCUT2D eigenvalue weighted by atomic mass is 10.0. The van der Waals surface area contributed by atoms with E-state index in [2.05, 4.69) is 24.1 Å². The molecule has 17 heavy (non-hydrogen) atoms. The molecule has 1 heterocycles. The molecule has 0 bridgehead atoms. The number of hydrogen-bond acceptors (Lipinski definition) is 3. The van der Waals surface area contributed by atoms with Crippen molar-refractivity contribution in [2.75, 3.05) is 26.2 Å². The summed E-state index contributed by atoms with van der Waals surface area (Å²) in [6.07, 6.45) is 3.18. The van der Waals surface area contributed by atoms with E-state index >= 15 is 0 Å². The van der Waals surface area contributed by atoms with Crippen molar-refractivity contribution in [1.82, 2.24) is 10.2 Å². The number of nitrogens with two attached hydrogens (primary N) is 1. The highest BCUT2D eigenvalue weighted by Crippen LogP contribution is 2.51. The molecule has 1 amide bonds. The quantitative estimate of drug-likeness (QED) is 0.754. The van der Waals surface area contributed by atoms with Crippen molar-refractivity contribution in [2.24, 2.45) is 17.1 Å². The number of nitrogens with zero attached hydrogens (tertiary/aromatic N) is 1. The monoisotopic (exact) mass is 239 g/mol. The van der Waals surface area contributed by atoms with Crippen LogP contribution in [0, 0.1) is 11.3 Å². The van der Waals surface area contributed by atoms with Gasteiger partial charge in [-0.2, -0.15) is 0 Å². The molecular weight excluding hydrogens is 214 g/mol. The number of rotatable bonds is 4. The van der Waals surface area contributed by atoms with Crippen molar-refractivity contribution in [3.8, 4) is 0 Å². The minimum absolute atomic E-state index is 0.240. The van der Waals surface area contributed by atoms with Crippen LogP contribution in [0.15, 0.2) is 0 Å². The first-order valence-corrected chi connectivity index (χ1v) is 6.76. The van der Waals surface area contributed by atoms with Crippen molar-refractivity contribution in [2.45, 2.75) is 39.2 Å². The number of carbonyl (C=O) groups excluding carboxylic acids is 1. The first kappa shape index (κ1) is 12.8. The highest BCUT2D eigenvalue weighted by atomic mass is 16.2. The van der Waals surface area contributed by atoms with Gasteiger partial charge in [-0.25, -0.2) is 0 Å². The van der Waals surface area contributed by atoms with E-state index in [0.717, 1.165) is 45.4 Å². The van der Waals surface area contributed by atoms with E-state index in [1.165, 1.54) is 0 Å². The summed E-state index contributed by atoms with van der Waals surface area (Å²) in [6.45, 7) is 8.18. The van der Waals surface area contributed by atoms with E-state index in [1.807, 2.05) is 0 Å². The van der Waals surface area contributed by atoms with Gasteiger partial charge in [-0.1, -0.05) is 13.8 Å². The third kappa shape index (κ3) is 3.19. The topological polar surface area (TPSA) is 58.4 Å². The van der Waals surface area contributed by atoms with Gasteiger partial charge in [-0.15, -0.1) is 0 Å². The molecule has 4 nitrogen and oxygen atoms in total. The molecule has 0 aromatic carbocycles. The summed E-state index contributed by atoms with van der Waals surface area (Å²) < 4.78 is 0. The number of amides is 1. The molecule has 0 aromatic heterocycles. The Morgan fingerprint density at radius 2 is 2.00 bits per heavy atom. The van der Waals surface area contributed by atoms with Crippen molar-refractivity contribution < 1.29 is 4.79 Å². The second-order valence-corrected chi connectivity index (χ2v) is 6.16. The van der Waals surface area contributed by atoms with E-state index in [-0.39, 0.29) is 17.2 Å². The zero-order chi connectivity index (χ0) is 12.5. The van der Waals surface area contributed by atoms with Crippen molar-refractivity contribution in [3.05, 3.63) is 0 Å². The molecule has 4 heteroatoms. The molecule has 3 N–H and O–H groups in total. The van der Waals surface area contributed by atoms with Gasteiger partial charge in [-0.3, -0.25) is 4.79 Å². The van der Waals surface area contributed by atoms with E-state index in [4.69, 9.17) is 5.73 Å². The standard InChI is InChI=1S/C13H25N3O/c1-13(2)9-11(13)12(17)15-10-3-6-16(7-4-10)8-5-14/h10-11H,3-9,14H2,1-2H3,(H,15,17). The van der Waals surface area contributed by atoms with E-state index in [1.54, 1.807) is 0 Å². The molecule has 1 aliphatic carbocycles. The average molecular weight is 239 g/mol. The van der Waals surface area contributed by atoms with Crippen LogP contribution in [0.25, 0.3) is 0 Å². The minimum Gasteiger partial charge on any atom is -0.353 e. The number of hydrogen-bond donors (Lipinski definition) is 2. The SMILES string of the molecule is CC1(C)CC1C(=O)NC1CCN(CCN)CC1. The van der Waals surface area contributed by atoms with Gasteiger partial charge in [0.1, 0.15) is 0 Å². The van der Waals surface area contributed by atoms with E-state index in [0.29, 0.717) is 6.04 Å². The summed E-state index contributed by atoms with van der Waals surface area (Å²) >= 11 is 0. The third-order valence-electron chi connectivity index (χ3n) is 4.21. The normalized spacial score (nSPS) is 29.0. The average Bonchev–Trinajstić information content (AvgIpc) is 2.91. The highest BCUT2D eigenvalue weighted by Gasteiger charge is 2.50. The van der Waals surface area contributed by atoms with Gasteiger partial charge in [-0.05, 0) is 24.7 Å². The lowest BCUT2D eigenvalue weighted by molar-refractivity contribution is -0.124. The predicted molar refractivity (Wildman–Crippen MR) is 68.5 cm³/mol. The summed E-state index contributed by atoms with van der Waals surface area (Å²) in [5.41, 5.74) is 5.78. The maximum absolute atomic E-state index is 12.0. The fourth-order valence-corrected chi connectivity index (χ4v) is 2.70. The zero-order valence-electron chi connectivity index (χ0n) is 11.0. The molecule has 0 aromatic rings. The molecule has 2 rings (SSSR count). The van der Waals surface area contributed by atoms with Crippen molar-refractivity contribution in [3.63, 3.8) is 0 Å². The molecule has 1 saturated carbocycles. The van der Waals surface area contributed by atoms with E-state index in [9.17, 15) is 4.79 Å². The van der Waals surface area contributed by atoms with Gasteiger partial charge < -0.3 is 16.0 Å². The van der Waals surface area contributed by atoms with Crippen LogP contribution < -0.4 is 11.1 Å². The highest BCUT2D eigenvalue weighted by molar-refractivity contribution is 5.82. The van der Waals surface area contributed by atoms with Crippen molar-refractivity contribution in [1.29, 1.82) is 0 Å². The number of carbonyl (C=O) groups is 1. The largest absolute Gasteiger partial charge is 0.353 e. The van der Waals surface area contributed by atoms with Crippen LogP contribution in [0.1, 0.15) is 33.1 Å². The Labute approximate surface area is 104 Å². The molecule has 1 unspecified atom stereocenters. The summed E-state index contributed by atoms with van der Waals surface area (Å²) in [7, 11) is 0. The number of piperidine rings is 1. The maximum atomic E-state index is 12.0. The predicted octanol–water partition coefficient (Wildman–Crippen LogP) is 0.572. The van der Waals surface area contributed by atoms with Crippen LogP contribution in [0.2, 0.25) is 0 Å². The molecule has 2 fully saturated rings. The van der Waals surface area contributed by atoms with Gasteiger partial charge in [0.2, 0.25) is 5.91 Å². The summed E-state index contributed by atoms with van der Waals surface area (Å²) in [5, 5.41) is 3.20. The second-order valence-electron chi connectivity index (χ2n) is 6.16. The fourth-order valence-electron chi connectivity index (χ4n) is 2.70. The van der Waals surface area contributed by atoms with Crippen LogP contribution in [0.3, 0.4) is 0 Å². The molecule has 98 valence electrons. The molecule has 1 aliphatic heterocycles. The summed E-state index contributed by atoms with van der Waals surface area (Å²) in [4.78, 5) is 14.3. The lowest BCUT2D eigenvalue weighted by Gasteiger charge is -2.32. The Hall–Kier alpha value is -0.610. The van der Waals surface area contributed by atoms with Gasteiger partial charge >= 0.3 is 0 Å². The van der Waals surface area contributed by atoms with Crippen LogP contribution in [-0.4, -0.2) is 43.0 Å². The van der Waals surface area contributed by atoms with E-state index < -0.39 is 0 Å². The molecular formula is C13H25N3O. The van der Waals surface area contributed by atoms with Crippen LogP contribution >= 0.6 is 0 Å². The van der Waals surface area contributed by atoms with Crippen LogP contribution in [0.4, 0.5) is 0 Å². The number of nitrogens with one attached hydrogen (secondary N) is 1. The lowest BCUT2D eigenvalue weighted by Crippen LogP contribution is -2.46. The molecule has 1 saturated heterocycles. The molecule has 1 atom stereocenters. The third-order valence-corrected chi connectivity index (χ3v) is 4.21. The Kier molecular flexibility index (Phi) is 3.73. The van der Waals surface area contributed by atoms with Crippen molar-refractivity contribution >= 4 is 5.91 Å². The Bertz CT molecular complexity index is 282. The first-order chi connectivity index (χ1) is 8.03. The van der Waals surface area contributed by atoms with Crippen LogP contribution in [0.5, 0.6) is 0 Å². The van der Waals surface area contributed by atoms with Gasteiger partial charge in [0.25, 0.3) is 0 Å². The Morgan fingerprint density at radius 3 is 2.47 bits per heavy atom. The molecule has 2 aliphatic rings. The summed E-state index contributed by atoms with van der Waals surface area (Å²) in [5.74, 6) is 0.525. The minimum atomic E-state index is 0.240. The maximum Gasteiger partial charge on any atom is 0.223 e. The van der Waals surface area contributed by atoms with Crippen LogP contribution in [-0.2, 0) is 4.79 Å². The molecule has 0 spiro atoms. The van der Waals surface area contributed by atoms with Gasteiger partial charge in [0.15, 0.2) is 0 Å². The smallest absolute Gasteiger partial charge is 0.223 e. The second kappa shape index (κ2) is 4.94. The Morgan fingerprint density at radius 1 is 1.41 bits per heavy atom. The fraction of sp³-hybridized carbons (Fsp3) is 0.923. The Balaban J connectivity index is 1.70. The number of likely N-dealkylation sites (tertiary alicyclic amines) is 1.